The number of nitrogens with one attached hydrogen (secondary N) is 1. The Morgan fingerprint density at radius 2 is 2.00 bits per heavy atom. The van der Waals surface area contributed by atoms with E-state index in [4.69, 9.17) is 10.5 Å². The zero-order chi connectivity index (χ0) is 14.4. The van der Waals surface area contributed by atoms with Gasteiger partial charge in [-0.15, -0.1) is 0 Å². The summed E-state index contributed by atoms with van der Waals surface area (Å²) in [4.78, 5) is 4.16. The molecule has 0 spiro atoms. The van der Waals surface area contributed by atoms with E-state index < -0.39 is 0 Å². The van der Waals surface area contributed by atoms with E-state index in [1.165, 1.54) is 12.1 Å². The highest BCUT2D eigenvalue weighted by atomic mass is 19.1. The van der Waals surface area contributed by atoms with Crippen LogP contribution in [-0.4, -0.2) is 13.1 Å². The van der Waals surface area contributed by atoms with Gasteiger partial charge in [0, 0.05) is 5.69 Å². The third-order valence-corrected chi connectivity index (χ3v) is 2.68. The van der Waals surface area contributed by atoms with Gasteiger partial charge >= 0.3 is 0 Å². The minimum Gasteiger partial charge on any atom is -0.497 e. The van der Waals surface area contributed by atoms with E-state index in [0.29, 0.717) is 6.54 Å². The first kappa shape index (κ1) is 13.9. The Morgan fingerprint density at radius 1 is 1.25 bits per heavy atom. The SMILES string of the molecule is COc1ccc(NC(N)=NCc2cccc(F)c2)cc1. The summed E-state index contributed by atoms with van der Waals surface area (Å²) in [5.74, 6) is 0.768. The van der Waals surface area contributed by atoms with Crippen molar-refractivity contribution in [3.63, 3.8) is 0 Å². The standard InChI is InChI=1S/C15H16FN3O/c1-20-14-7-5-13(6-8-14)19-15(17)18-10-11-3-2-4-12(16)9-11/h2-9H,10H2,1H3,(H3,17,18,19). The second-order valence-electron chi connectivity index (χ2n) is 4.18. The molecule has 2 rings (SSSR count). The first-order valence-electron chi connectivity index (χ1n) is 6.13. The summed E-state index contributed by atoms with van der Waals surface area (Å²) in [6.45, 7) is 0.326. The molecule has 2 aromatic rings. The molecule has 0 aromatic heterocycles. The fraction of sp³-hybridized carbons (Fsp3) is 0.133. The Kier molecular flexibility index (Phi) is 4.55. The largest absolute Gasteiger partial charge is 0.497 e. The number of hydrogen-bond acceptors (Lipinski definition) is 2. The maximum atomic E-state index is 13.0. The van der Waals surface area contributed by atoms with Crippen LogP contribution in [0.4, 0.5) is 10.1 Å². The number of benzene rings is 2. The highest BCUT2D eigenvalue weighted by molar-refractivity contribution is 5.92. The van der Waals surface area contributed by atoms with Crippen LogP contribution in [0.3, 0.4) is 0 Å². The topological polar surface area (TPSA) is 59.6 Å². The predicted octanol–water partition coefficient (Wildman–Crippen LogP) is 2.76. The van der Waals surface area contributed by atoms with Gasteiger partial charge in [0.2, 0.25) is 0 Å². The zero-order valence-corrected chi connectivity index (χ0v) is 11.1. The molecule has 0 amide bonds. The summed E-state index contributed by atoms with van der Waals surface area (Å²) < 4.78 is 18.1. The van der Waals surface area contributed by atoms with Crippen molar-refractivity contribution in [2.75, 3.05) is 12.4 Å². The van der Waals surface area contributed by atoms with Crippen molar-refractivity contribution in [1.82, 2.24) is 0 Å². The molecule has 2 aromatic carbocycles. The lowest BCUT2D eigenvalue weighted by Gasteiger charge is -2.06. The molecule has 0 radical (unpaired) electrons. The third-order valence-electron chi connectivity index (χ3n) is 2.68. The number of nitrogens with zero attached hydrogens (tertiary/aromatic N) is 1. The van der Waals surface area contributed by atoms with Crippen LogP contribution >= 0.6 is 0 Å². The summed E-state index contributed by atoms with van der Waals surface area (Å²) in [5, 5.41) is 2.96. The predicted molar refractivity (Wildman–Crippen MR) is 78.3 cm³/mol. The number of anilines is 1. The summed E-state index contributed by atoms with van der Waals surface area (Å²) in [7, 11) is 1.61. The van der Waals surface area contributed by atoms with Gasteiger partial charge in [0.25, 0.3) is 0 Å². The van der Waals surface area contributed by atoms with Crippen LogP contribution < -0.4 is 15.8 Å². The van der Waals surface area contributed by atoms with Gasteiger partial charge in [-0.1, -0.05) is 12.1 Å². The molecule has 0 bridgehead atoms. The Balaban J connectivity index is 1.96. The molecular weight excluding hydrogens is 257 g/mol. The van der Waals surface area contributed by atoms with E-state index in [-0.39, 0.29) is 11.8 Å². The van der Waals surface area contributed by atoms with Crippen molar-refractivity contribution in [3.05, 3.63) is 59.9 Å². The molecule has 0 atom stereocenters. The van der Waals surface area contributed by atoms with Crippen molar-refractivity contribution in [2.45, 2.75) is 6.54 Å². The number of methoxy groups -OCH3 is 1. The number of ether oxygens (including phenoxy) is 1. The van der Waals surface area contributed by atoms with E-state index in [9.17, 15) is 4.39 Å². The Morgan fingerprint density at radius 3 is 2.65 bits per heavy atom. The molecular formula is C15H16FN3O. The maximum Gasteiger partial charge on any atom is 0.193 e. The van der Waals surface area contributed by atoms with Crippen molar-refractivity contribution in [3.8, 4) is 5.75 Å². The molecule has 0 unspecified atom stereocenters. The van der Waals surface area contributed by atoms with E-state index in [1.54, 1.807) is 19.2 Å². The lowest BCUT2D eigenvalue weighted by molar-refractivity contribution is 0.415. The van der Waals surface area contributed by atoms with E-state index in [1.807, 2.05) is 24.3 Å². The summed E-state index contributed by atoms with van der Waals surface area (Å²) in [5.41, 5.74) is 7.36. The molecule has 3 N–H and O–H groups in total. The Hall–Kier alpha value is -2.56. The van der Waals surface area contributed by atoms with Gasteiger partial charge in [0.1, 0.15) is 11.6 Å². The third kappa shape index (κ3) is 3.98. The fourth-order valence-corrected chi connectivity index (χ4v) is 1.67. The van der Waals surface area contributed by atoms with Gasteiger partial charge in [-0.05, 0) is 42.0 Å². The van der Waals surface area contributed by atoms with Crippen LogP contribution in [-0.2, 0) is 6.54 Å². The Bertz CT molecular complexity index is 596. The van der Waals surface area contributed by atoms with Crippen LogP contribution in [0.15, 0.2) is 53.5 Å². The van der Waals surface area contributed by atoms with Crippen molar-refractivity contribution < 1.29 is 9.13 Å². The zero-order valence-electron chi connectivity index (χ0n) is 11.1. The smallest absolute Gasteiger partial charge is 0.193 e. The Labute approximate surface area is 117 Å². The van der Waals surface area contributed by atoms with E-state index >= 15 is 0 Å². The highest BCUT2D eigenvalue weighted by Gasteiger charge is 1.97. The highest BCUT2D eigenvalue weighted by Crippen LogP contribution is 2.14. The number of guanidine groups is 1. The quantitative estimate of drug-likeness (QED) is 0.665. The number of hydrogen-bond donors (Lipinski definition) is 2. The molecule has 0 fully saturated rings. The average Bonchev–Trinajstić information content (AvgIpc) is 2.46. The summed E-state index contributed by atoms with van der Waals surface area (Å²) >= 11 is 0. The van der Waals surface area contributed by atoms with Gasteiger partial charge in [-0.3, -0.25) is 0 Å². The van der Waals surface area contributed by atoms with E-state index in [2.05, 4.69) is 10.3 Å². The molecule has 0 saturated heterocycles. The van der Waals surface area contributed by atoms with Crippen molar-refractivity contribution in [2.24, 2.45) is 10.7 Å². The monoisotopic (exact) mass is 273 g/mol. The molecule has 20 heavy (non-hydrogen) atoms. The molecule has 0 aliphatic heterocycles. The van der Waals surface area contributed by atoms with Gasteiger partial charge in [-0.2, -0.15) is 0 Å². The van der Waals surface area contributed by atoms with Crippen molar-refractivity contribution >= 4 is 11.6 Å². The molecule has 5 heteroatoms. The lowest BCUT2D eigenvalue weighted by atomic mass is 10.2. The second-order valence-corrected chi connectivity index (χ2v) is 4.18. The van der Waals surface area contributed by atoms with Crippen LogP contribution in [0.1, 0.15) is 5.56 Å². The van der Waals surface area contributed by atoms with Gasteiger partial charge < -0.3 is 15.8 Å². The van der Waals surface area contributed by atoms with Crippen LogP contribution in [0, 0.1) is 5.82 Å². The number of halogens is 1. The molecule has 0 saturated carbocycles. The van der Waals surface area contributed by atoms with Crippen LogP contribution in [0.2, 0.25) is 0 Å². The van der Waals surface area contributed by atoms with Crippen molar-refractivity contribution in [1.29, 1.82) is 0 Å². The van der Waals surface area contributed by atoms with Crippen LogP contribution in [0.25, 0.3) is 0 Å². The van der Waals surface area contributed by atoms with Crippen LogP contribution in [0.5, 0.6) is 5.75 Å². The first-order chi connectivity index (χ1) is 9.67. The van der Waals surface area contributed by atoms with Gasteiger partial charge in [0.15, 0.2) is 5.96 Å². The number of nitrogens with two attached hydrogens (primary N) is 1. The second kappa shape index (κ2) is 6.56. The van der Waals surface area contributed by atoms with Gasteiger partial charge in [0.05, 0.1) is 13.7 Å². The molecule has 0 heterocycles. The molecule has 104 valence electrons. The minimum atomic E-state index is -0.278. The average molecular weight is 273 g/mol. The minimum absolute atomic E-state index is 0.277. The first-order valence-corrected chi connectivity index (χ1v) is 6.13. The normalized spacial score (nSPS) is 11.2. The molecule has 0 aliphatic rings. The number of aliphatic imine (C=N–C) groups is 1. The summed E-state index contributed by atoms with van der Waals surface area (Å²) in [6.07, 6.45) is 0. The molecule has 4 nitrogen and oxygen atoms in total. The fourth-order valence-electron chi connectivity index (χ4n) is 1.67. The van der Waals surface area contributed by atoms with E-state index in [0.717, 1.165) is 17.0 Å². The molecule has 0 aliphatic carbocycles. The number of rotatable bonds is 4. The maximum absolute atomic E-state index is 13.0. The lowest BCUT2D eigenvalue weighted by Crippen LogP contribution is -2.22. The van der Waals surface area contributed by atoms with Gasteiger partial charge in [-0.25, -0.2) is 9.38 Å². The summed E-state index contributed by atoms with van der Waals surface area (Å²) in [6, 6.07) is 13.6.